The van der Waals surface area contributed by atoms with Gasteiger partial charge in [0.05, 0.1) is 5.69 Å². The average molecular weight is 359 g/mol. The number of phenolic OH excluding ortho intramolecular Hbond substituents is 1. The first-order chi connectivity index (χ1) is 13.1. The minimum atomic E-state index is 0.277. The number of aromatic hydroxyl groups is 1. The molecule has 0 fully saturated rings. The molecule has 1 aliphatic rings. The lowest BCUT2D eigenvalue weighted by molar-refractivity contribution is 0.475. The van der Waals surface area contributed by atoms with Crippen LogP contribution >= 0.6 is 0 Å². The van der Waals surface area contributed by atoms with Crippen LogP contribution in [0.2, 0.25) is 0 Å². The number of phenols is 1. The average Bonchev–Trinajstić information content (AvgIpc) is 2.68. The van der Waals surface area contributed by atoms with Gasteiger partial charge in [-0.15, -0.1) is 0 Å². The van der Waals surface area contributed by atoms with Gasteiger partial charge >= 0.3 is 0 Å². The van der Waals surface area contributed by atoms with Crippen molar-refractivity contribution in [2.45, 2.75) is 19.8 Å². The molecule has 2 aromatic carbocycles. The van der Waals surface area contributed by atoms with Crippen molar-refractivity contribution in [3.63, 3.8) is 0 Å². The number of dihydropyridines is 1. The number of nitrogens with zero attached hydrogens (tertiary/aromatic N) is 2. The van der Waals surface area contributed by atoms with Crippen molar-refractivity contribution in [2.24, 2.45) is 9.98 Å². The summed E-state index contributed by atoms with van der Waals surface area (Å²) in [5, 5.41) is 12.9. The summed E-state index contributed by atoms with van der Waals surface area (Å²) in [6.07, 6.45) is 7.68. The molecule has 0 bridgehead atoms. The topological polar surface area (TPSA) is 57.0 Å². The fraction of sp³-hybridized carbons (Fsp3) is 0.217. The van der Waals surface area contributed by atoms with E-state index in [0.29, 0.717) is 6.42 Å². The molecule has 0 amide bonds. The molecule has 3 rings (SSSR count). The monoisotopic (exact) mass is 359 g/mol. The van der Waals surface area contributed by atoms with Crippen molar-refractivity contribution in [3.05, 3.63) is 77.4 Å². The van der Waals surface area contributed by atoms with Gasteiger partial charge in [-0.05, 0) is 53.8 Å². The summed E-state index contributed by atoms with van der Waals surface area (Å²) >= 11 is 0. The number of rotatable bonds is 7. The van der Waals surface area contributed by atoms with Crippen molar-refractivity contribution in [1.29, 1.82) is 0 Å². The second-order valence-electron chi connectivity index (χ2n) is 6.62. The maximum absolute atomic E-state index is 9.54. The van der Waals surface area contributed by atoms with Gasteiger partial charge in [-0.3, -0.25) is 9.98 Å². The molecule has 0 aromatic heterocycles. The Morgan fingerprint density at radius 2 is 2.19 bits per heavy atom. The first-order valence-corrected chi connectivity index (χ1v) is 9.15. The molecular formula is C23H25N3O. The second-order valence-corrected chi connectivity index (χ2v) is 6.62. The zero-order valence-electron chi connectivity index (χ0n) is 15.7. The number of hydrogen-bond acceptors (Lipinski definition) is 4. The Morgan fingerprint density at radius 1 is 1.30 bits per heavy atom. The second kappa shape index (κ2) is 8.99. The van der Waals surface area contributed by atoms with Crippen LogP contribution in [0.5, 0.6) is 5.75 Å². The fourth-order valence-corrected chi connectivity index (χ4v) is 2.86. The van der Waals surface area contributed by atoms with Crippen LogP contribution in [0.15, 0.2) is 70.7 Å². The molecule has 0 saturated heterocycles. The van der Waals surface area contributed by atoms with E-state index in [2.05, 4.69) is 40.1 Å². The lowest BCUT2D eigenvalue weighted by Gasteiger charge is -2.13. The molecule has 2 N–H and O–H groups in total. The Kier molecular flexibility index (Phi) is 6.21. The number of benzene rings is 2. The SMILES string of the molecule is C=C(NCC1=CCCN=C1)c1ccc(C)c(N=CCc2cccc(O)c2)c1. The van der Waals surface area contributed by atoms with Crippen molar-refractivity contribution in [2.75, 3.05) is 13.1 Å². The molecule has 1 heterocycles. The normalized spacial score (nSPS) is 13.6. The molecule has 0 unspecified atom stereocenters. The first kappa shape index (κ1) is 18.6. The lowest BCUT2D eigenvalue weighted by atomic mass is 10.1. The van der Waals surface area contributed by atoms with Crippen LogP contribution in [-0.2, 0) is 6.42 Å². The molecule has 0 spiro atoms. The minimum Gasteiger partial charge on any atom is -0.508 e. The summed E-state index contributed by atoms with van der Waals surface area (Å²) in [5.41, 5.74) is 6.16. The molecule has 0 saturated carbocycles. The Labute approximate surface area is 160 Å². The molecule has 27 heavy (non-hydrogen) atoms. The van der Waals surface area contributed by atoms with Gasteiger partial charge in [-0.2, -0.15) is 0 Å². The number of aryl methyl sites for hydroxylation is 1. The molecule has 0 aliphatic carbocycles. The van der Waals surface area contributed by atoms with Gasteiger partial charge in [0.2, 0.25) is 0 Å². The van der Waals surface area contributed by atoms with E-state index < -0.39 is 0 Å². The van der Waals surface area contributed by atoms with E-state index in [9.17, 15) is 5.11 Å². The largest absolute Gasteiger partial charge is 0.508 e. The predicted octanol–water partition coefficient (Wildman–Crippen LogP) is 4.61. The van der Waals surface area contributed by atoms with Gasteiger partial charge < -0.3 is 10.4 Å². The van der Waals surface area contributed by atoms with Crippen LogP contribution in [0.1, 0.15) is 23.1 Å². The summed E-state index contributed by atoms with van der Waals surface area (Å²) in [6.45, 7) is 7.81. The fourth-order valence-electron chi connectivity index (χ4n) is 2.86. The third-order valence-electron chi connectivity index (χ3n) is 4.45. The van der Waals surface area contributed by atoms with E-state index in [1.165, 1.54) is 5.57 Å². The maximum atomic E-state index is 9.54. The van der Waals surface area contributed by atoms with Crippen molar-refractivity contribution in [3.8, 4) is 5.75 Å². The summed E-state index contributed by atoms with van der Waals surface area (Å²) < 4.78 is 0. The van der Waals surface area contributed by atoms with Crippen molar-refractivity contribution in [1.82, 2.24) is 5.32 Å². The highest BCUT2D eigenvalue weighted by Crippen LogP contribution is 2.23. The summed E-state index contributed by atoms with van der Waals surface area (Å²) in [7, 11) is 0. The molecule has 4 heteroatoms. The predicted molar refractivity (Wildman–Crippen MR) is 114 cm³/mol. The quantitative estimate of drug-likeness (QED) is 0.710. The van der Waals surface area contributed by atoms with Gasteiger partial charge in [0.15, 0.2) is 0 Å². The van der Waals surface area contributed by atoms with Gasteiger partial charge in [0, 0.05) is 37.6 Å². The van der Waals surface area contributed by atoms with Crippen LogP contribution < -0.4 is 5.32 Å². The third kappa shape index (κ3) is 5.42. The highest BCUT2D eigenvalue weighted by molar-refractivity contribution is 5.80. The standard InChI is InChI=1S/C23H25N3O/c1-17-8-9-21(18(2)26-16-20-6-4-11-24-15-20)14-23(17)25-12-10-19-5-3-7-22(27)13-19/h3,5-9,12-15,26-27H,2,4,10-11,16H2,1H3. The molecule has 0 atom stereocenters. The molecule has 138 valence electrons. The molecule has 2 aromatic rings. The van der Waals surface area contributed by atoms with E-state index in [1.54, 1.807) is 12.1 Å². The summed E-state index contributed by atoms with van der Waals surface area (Å²) in [5.74, 6) is 0.277. The van der Waals surface area contributed by atoms with Gasteiger partial charge in [0.25, 0.3) is 0 Å². The number of aliphatic imine (C=N–C) groups is 2. The molecule has 4 nitrogen and oxygen atoms in total. The van der Waals surface area contributed by atoms with E-state index in [0.717, 1.165) is 47.6 Å². The zero-order valence-corrected chi connectivity index (χ0v) is 15.7. The molecular weight excluding hydrogens is 334 g/mol. The summed E-state index contributed by atoms with van der Waals surface area (Å²) in [4.78, 5) is 8.92. The highest BCUT2D eigenvalue weighted by Gasteiger charge is 2.04. The first-order valence-electron chi connectivity index (χ1n) is 9.15. The van der Waals surface area contributed by atoms with E-state index in [-0.39, 0.29) is 5.75 Å². The van der Waals surface area contributed by atoms with Crippen molar-refractivity contribution < 1.29 is 5.11 Å². The lowest BCUT2D eigenvalue weighted by Crippen LogP contribution is -2.16. The third-order valence-corrected chi connectivity index (χ3v) is 4.45. The smallest absolute Gasteiger partial charge is 0.115 e. The van der Waals surface area contributed by atoms with Crippen LogP contribution in [0, 0.1) is 6.92 Å². The van der Waals surface area contributed by atoms with Crippen LogP contribution in [0.3, 0.4) is 0 Å². The van der Waals surface area contributed by atoms with Crippen molar-refractivity contribution >= 4 is 23.8 Å². The molecule has 0 radical (unpaired) electrons. The van der Waals surface area contributed by atoms with Crippen LogP contribution in [0.4, 0.5) is 5.69 Å². The minimum absolute atomic E-state index is 0.277. The van der Waals surface area contributed by atoms with E-state index >= 15 is 0 Å². The highest BCUT2D eigenvalue weighted by atomic mass is 16.3. The van der Waals surface area contributed by atoms with Gasteiger partial charge in [0.1, 0.15) is 5.75 Å². The van der Waals surface area contributed by atoms with E-state index in [1.807, 2.05) is 37.6 Å². The van der Waals surface area contributed by atoms with Crippen LogP contribution in [0.25, 0.3) is 5.70 Å². The summed E-state index contributed by atoms with van der Waals surface area (Å²) in [6, 6.07) is 13.4. The number of nitrogens with one attached hydrogen (secondary N) is 1. The Balaban J connectivity index is 1.64. The van der Waals surface area contributed by atoms with Crippen LogP contribution in [-0.4, -0.2) is 30.6 Å². The Hall–Kier alpha value is -3.14. The molecule has 1 aliphatic heterocycles. The Bertz CT molecular complexity index is 910. The van der Waals surface area contributed by atoms with Gasteiger partial charge in [-0.1, -0.05) is 36.9 Å². The maximum Gasteiger partial charge on any atom is 0.115 e. The zero-order chi connectivity index (χ0) is 19.1. The van der Waals surface area contributed by atoms with Gasteiger partial charge in [-0.25, -0.2) is 0 Å². The Morgan fingerprint density at radius 3 is 2.96 bits per heavy atom. The number of hydrogen-bond donors (Lipinski definition) is 2. The van der Waals surface area contributed by atoms with E-state index in [4.69, 9.17) is 0 Å².